The molecule has 0 aliphatic rings. The van der Waals surface area contributed by atoms with Crippen LogP contribution >= 0.6 is 23.8 Å². The number of aryl methyl sites for hydroxylation is 1. The number of hydrogen-bond donors (Lipinski definition) is 2. The fraction of sp³-hybridized carbons (Fsp3) is 0.214. The molecule has 2 aromatic rings. The molecule has 0 fully saturated rings. The van der Waals surface area contributed by atoms with Crippen molar-refractivity contribution in [2.45, 2.75) is 13.8 Å². The van der Waals surface area contributed by atoms with Crippen molar-refractivity contribution in [3.63, 3.8) is 0 Å². The molecule has 0 radical (unpaired) electrons. The molecular weight excluding hydrogens is 306 g/mol. The lowest BCUT2D eigenvalue weighted by atomic mass is 10.3. The Morgan fingerprint density at radius 3 is 2.81 bits per heavy atom. The van der Waals surface area contributed by atoms with Gasteiger partial charge in [-0.25, -0.2) is 4.68 Å². The van der Waals surface area contributed by atoms with E-state index in [0.717, 1.165) is 23.5 Å². The van der Waals surface area contributed by atoms with Gasteiger partial charge in [-0.3, -0.25) is 5.43 Å². The predicted octanol–water partition coefficient (Wildman–Crippen LogP) is 2.65. The Morgan fingerprint density at radius 1 is 1.43 bits per heavy atom. The number of aromatic nitrogens is 2. The van der Waals surface area contributed by atoms with Crippen LogP contribution in [0.15, 0.2) is 35.4 Å². The van der Waals surface area contributed by atoms with E-state index in [0.29, 0.717) is 10.3 Å². The van der Waals surface area contributed by atoms with E-state index in [1.54, 1.807) is 10.9 Å². The average molecular weight is 322 g/mol. The minimum absolute atomic E-state index is 0.470. The first-order valence-electron chi connectivity index (χ1n) is 6.51. The molecule has 2 rings (SSSR count). The Balaban J connectivity index is 2.20. The summed E-state index contributed by atoms with van der Waals surface area (Å²) >= 11 is 11.4. The number of hydrogen-bond acceptors (Lipinski definition) is 3. The molecule has 7 heteroatoms. The first-order chi connectivity index (χ1) is 10.1. The molecule has 1 aromatic heterocycles. The van der Waals surface area contributed by atoms with Crippen molar-refractivity contribution in [3.05, 3.63) is 46.7 Å². The largest absolute Gasteiger partial charge is 0.362 e. The van der Waals surface area contributed by atoms with Crippen LogP contribution in [0.25, 0.3) is 5.69 Å². The summed E-state index contributed by atoms with van der Waals surface area (Å²) in [7, 11) is 0. The summed E-state index contributed by atoms with van der Waals surface area (Å²) in [5, 5.41) is 12.4. The summed E-state index contributed by atoms with van der Waals surface area (Å²) in [5.74, 6) is 0. The van der Waals surface area contributed by atoms with Crippen LogP contribution in [0.3, 0.4) is 0 Å². The van der Waals surface area contributed by atoms with Crippen LogP contribution in [0.5, 0.6) is 0 Å². The summed E-state index contributed by atoms with van der Waals surface area (Å²) in [6, 6.07) is 9.71. The maximum absolute atomic E-state index is 6.37. The van der Waals surface area contributed by atoms with Gasteiger partial charge < -0.3 is 5.32 Å². The molecule has 0 amide bonds. The van der Waals surface area contributed by atoms with E-state index in [9.17, 15) is 0 Å². The lowest BCUT2D eigenvalue weighted by molar-refractivity contribution is 0.863. The van der Waals surface area contributed by atoms with E-state index in [4.69, 9.17) is 23.8 Å². The lowest BCUT2D eigenvalue weighted by Crippen LogP contribution is -2.31. The molecule has 0 unspecified atom stereocenters. The highest BCUT2D eigenvalue weighted by molar-refractivity contribution is 7.80. The number of hydrazone groups is 1. The van der Waals surface area contributed by atoms with Gasteiger partial charge in [0, 0.05) is 6.54 Å². The quantitative estimate of drug-likeness (QED) is 0.516. The van der Waals surface area contributed by atoms with Gasteiger partial charge in [-0.05, 0) is 38.2 Å². The number of para-hydroxylation sites is 1. The third-order valence-corrected chi connectivity index (χ3v) is 3.35. The summed E-state index contributed by atoms with van der Waals surface area (Å²) in [6.45, 7) is 4.59. The van der Waals surface area contributed by atoms with Crippen molar-refractivity contribution in [2.24, 2.45) is 5.10 Å². The molecule has 5 nitrogen and oxygen atoms in total. The molecule has 0 saturated carbocycles. The number of rotatable bonds is 4. The second-order valence-corrected chi connectivity index (χ2v) is 5.03. The monoisotopic (exact) mass is 321 g/mol. The fourth-order valence-electron chi connectivity index (χ4n) is 1.75. The van der Waals surface area contributed by atoms with Gasteiger partial charge in [-0.1, -0.05) is 29.8 Å². The van der Waals surface area contributed by atoms with E-state index in [2.05, 4.69) is 20.9 Å². The van der Waals surface area contributed by atoms with E-state index < -0.39 is 0 Å². The molecule has 0 spiro atoms. The van der Waals surface area contributed by atoms with Crippen LogP contribution in [-0.2, 0) is 0 Å². The maximum Gasteiger partial charge on any atom is 0.186 e. The molecule has 21 heavy (non-hydrogen) atoms. The summed E-state index contributed by atoms with van der Waals surface area (Å²) in [6.07, 6.45) is 1.62. The summed E-state index contributed by atoms with van der Waals surface area (Å²) in [4.78, 5) is 0. The van der Waals surface area contributed by atoms with Gasteiger partial charge in [0.05, 0.1) is 23.2 Å². The molecular formula is C14H16ClN5S. The van der Waals surface area contributed by atoms with Gasteiger partial charge >= 0.3 is 0 Å². The second-order valence-electron chi connectivity index (χ2n) is 4.27. The number of nitrogens with zero attached hydrogens (tertiary/aromatic N) is 3. The van der Waals surface area contributed by atoms with Crippen molar-refractivity contribution in [2.75, 3.05) is 6.54 Å². The Hall–Kier alpha value is -1.92. The smallest absolute Gasteiger partial charge is 0.186 e. The molecule has 0 atom stereocenters. The van der Waals surface area contributed by atoms with Gasteiger partial charge in [0.2, 0.25) is 0 Å². The van der Waals surface area contributed by atoms with Crippen LogP contribution < -0.4 is 10.7 Å². The molecule has 110 valence electrons. The van der Waals surface area contributed by atoms with Crippen LogP contribution in [0.1, 0.15) is 18.2 Å². The van der Waals surface area contributed by atoms with Gasteiger partial charge in [0.1, 0.15) is 5.15 Å². The lowest BCUT2D eigenvalue weighted by Gasteiger charge is -2.03. The fourth-order valence-corrected chi connectivity index (χ4v) is 2.27. The molecule has 1 aromatic carbocycles. The Morgan fingerprint density at radius 2 is 2.14 bits per heavy atom. The van der Waals surface area contributed by atoms with Crippen LogP contribution in [-0.4, -0.2) is 27.7 Å². The standard InChI is InChI=1S/C14H16ClN5S/c1-3-16-14(21)18-17-9-12-10(2)19-20(13(12)15)11-7-5-4-6-8-11/h4-9H,3H2,1-2H3,(H2,16,18,21)/b17-9+. The van der Waals surface area contributed by atoms with Crippen molar-refractivity contribution in [1.82, 2.24) is 20.5 Å². The third kappa shape index (κ3) is 3.80. The zero-order valence-corrected chi connectivity index (χ0v) is 13.4. The Kier molecular flexibility index (Phi) is 5.30. The van der Waals surface area contributed by atoms with Gasteiger partial charge in [-0.15, -0.1) is 0 Å². The van der Waals surface area contributed by atoms with Crippen LogP contribution in [0.4, 0.5) is 0 Å². The van der Waals surface area contributed by atoms with Crippen LogP contribution in [0.2, 0.25) is 5.15 Å². The predicted molar refractivity (Wildman–Crippen MR) is 90.3 cm³/mol. The Bertz CT molecular complexity index is 651. The molecule has 0 bridgehead atoms. The number of thiocarbonyl (C=S) groups is 1. The van der Waals surface area contributed by atoms with Gasteiger partial charge in [0.15, 0.2) is 5.11 Å². The van der Waals surface area contributed by atoms with Gasteiger partial charge in [-0.2, -0.15) is 10.2 Å². The number of nitrogens with one attached hydrogen (secondary N) is 2. The molecule has 0 saturated heterocycles. The zero-order chi connectivity index (χ0) is 15.2. The van der Waals surface area contributed by atoms with E-state index >= 15 is 0 Å². The molecule has 0 aliphatic carbocycles. The van der Waals surface area contributed by atoms with E-state index in [-0.39, 0.29) is 0 Å². The zero-order valence-electron chi connectivity index (χ0n) is 11.8. The molecule has 0 aliphatic heterocycles. The highest BCUT2D eigenvalue weighted by atomic mass is 35.5. The summed E-state index contributed by atoms with van der Waals surface area (Å²) < 4.78 is 1.68. The third-order valence-electron chi connectivity index (χ3n) is 2.75. The van der Waals surface area contributed by atoms with E-state index in [1.165, 1.54) is 0 Å². The molecule has 2 N–H and O–H groups in total. The van der Waals surface area contributed by atoms with E-state index in [1.807, 2.05) is 44.2 Å². The highest BCUT2D eigenvalue weighted by Crippen LogP contribution is 2.21. The highest BCUT2D eigenvalue weighted by Gasteiger charge is 2.12. The average Bonchev–Trinajstić information content (AvgIpc) is 2.76. The first-order valence-corrected chi connectivity index (χ1v) is 7.29. The van der Waals surface area contributed by atoms with Crippen molar-refractivity contribution in [1.29, 1.82) is 0 Å². The first kappa shape index (κ1) is 15.5. The van der Waals surface area contributed by atoms with Crippen molar-refractivity contribution < 1.29 is 0 Å². The molecule has 1 heterocycles. The van der Waals surface area contributed by atoms with Crippen molar-refractivity contribution in [3.8, 4) is 5.69 Å². The minimum Gasteiger partial charge on any atom is -0.362 e. The Labute approximate surface area is 134 Å². The summed E-state index contributed by atoms with van der Waals surface area (Å²) in [5.41, 5.74) is 5.19. The normalized spacial score (nSPS) is 10.8. The van der Waals surface area contributed by atoms with Crippen molar-refractivity contribution >= 4 is 35.1 Å². The number of benzene rings is 1. The maximum atomic E-state index is 6.37. The van der Waals surface area contributed by atoms with Gasteiger partial charge in [0.25, 0.3) is 0 Å². The minimum atomic E-state index is 0.470. The SMILES string of the molecule is CCNC(=S)N/N=C/c1c(C)nn(-c2ccccc2)c1Cl. The van der Waals surface area contributed by atoms with Crippen LogP contribution in [0, 0.1) is 6.92 Å². The topological polar surface area (TPSA) is 54.2 Å². The number of halogens is 1. The second kappa shape index (κ2) is 7.19.